The Bertz CT molecular complexity index is 653. The van der Waals surface area contributed by atoms with Gasteiger partial charge in [-0.1, -0.05) is 42.5 Å². The summed E-state index contributed by atoms with van der Waals surface area (Å²) >= 11 is 0. The average Bonchev–Trinajstić information content (AvgIpc) is 2.55. The minimum atomic E-state index is -0.389. The van der Waals surface area contributed by atoms with E-state index in [4.69, 9.17) is 4.74 Å². The van der Waals surface area contributed by atoms with Gasteiger partial charge in [0.05, 0.1) is 0 Å². The molecule has 4 heteroatoms. The predicted molar refractivity (Wildman–Crippen MR) is 84.7 cm³/mol. The van der Waals surface area contributed by atoms with Gasteiger partial charge in [0.1, 0.15) is 12.9 Å². The van der Waals surface area contributed by atoms with Crippen molar-refractivity contribution < 1.29 is 14.3 Å². The molecule has 0 heterocycles. The van der Waals surface area contributed by atoms with Crippen molar-refractivity contribution in [3.8, 4) is 0 Å². The molecule has 0 fully saturated rings. The molecular formula is C18H19NO3. The van der Waals surface area contributed by atoms with E-state index >= 15 is 0 Å². The molecule has 0 atom stereocenters. The third-order valence-electron chi connectivity index (χ3n) is 3.43. The van der Waals surface area contributed by atoms with Crippen LogP contribution in [-0.4, -0.2) is 24.3 Å². The lowest BCUT2D eigenvalue weighted by molar-refractivity contribution is 0.103. The van der Waals surface area contributed by atoms with Gasteiger partial charge in [-0.3, -0.25) is 4.79 Å². The van der Waals surface area contributed by atoms with Gasteiger partial charge in [-0.05, 0) is 29.7 Å². The summed E-state index contributed by atoms with van der Waals surface area (Å²) in [4.78, 5) is 24.4. The fourth-order valence-corrected chi connectivity index (χ4v) is 2.08. The summed E-state index contributed by atoms with van der Waals surface area (Å²) in [7, 11) is 1.68. The first-order valence-corrected chi connectivity index (χ1v) is 7.06. The molecule has 2 rings (SSSR count). The molecule has 2 aromatic rings. The van der Waals surface area contributed by atoms with E-state index in [0.717, 1.165) is 23.0 Å². The molecule has 0 aromatic heterocycles. The lowest BCUT2D eigenvalue weighted by Gasteiger charge is -2.18. The van der Waals surface area contributed by atoms with Gasteiger partial charge >= 0.3 is 6.09 Å². The molecule has 0 aliphatic heterocycles. The summed E-state index contributed by atoms with van der Waals surface area (Å²) in [5.74, 6) is 0. The maximum absolute atomic E-state index is 12.0. The molecule has 0 aliphatic carbocycles. The zero-order valence-corrected chi connectivity index (χ0v) is 12.8. The fraction of sp³-hybridized carbons (Fsp3) is 0.222. The Balaban J connectivity index is 1.95. The largest absolute Gasteiger partial charge is 0.445 e. The lowest BCUT2D eigenvalue weighted by Crippen LogP contribution is -2.27. The van der Waals surface area contributed by atoms with Gasteiger partial charge in [0.2, 0.25) is 0 Å². The second-order valence-corrected chi connectivity index (χ2v) is 5.20. The van der Waals surface area contributed by atoms with Crippen LogP contribution in [0.25, 0.3) is 0 Å². The number of aryl methyl sites for hydroxylation is 1. The first-order valence-electron chi connectivity index (χ1n) is 7.06. The van der Waals surface area contributed by atoms with Crippen molar-refractivity contribution in [2.45, 2.75) is 20.1 Å². The minimum Gasteiger partial charge on any atom is -0.445 e. The monoisotopic (exact) mass is 297 g/mol. The molecule has 4 nitrogen and oxygen atoms in total. The molecule has 0 spiro atoms. The number of nitrogens with zero attached hydrogens (tertiary/aromatic N) is 1. The Morgan fingerprint density at radius 2 is 1.91 bits per heavy atom. The van der Waals surface area contributed by atoms with Gasteiger partial charge in [0.25, 0.3) is 0 Å². The summed E-state index contributed by atoms with van der Waals surface area (Å²) in [6.45, 7) is 2.60. The third kappa shape index (κ3) is 4.19. The van der Waals surface area contributed by atoms with E-state index in [1.54, 1.807) is 19.2 Å². The van der Waals surface area contributed by atoms with Crippen LogP contribution in [0.5, 0.6) is 0 Å². The predicted octanol–water partition coefficient (Wildman–Crippen LogP) is 3.58. The van der Waals surface area contributed by atoms with Crippen LogP contribution in [0.15, 0.2) is 48.5 Å². The van der Waals surface area contributed by atoms with Crippen molar-refractivity contribution in [2.75, 3.05) is 7.05 Å². The number of aldehydes is 1. The highest BCUT2D eigenvalue weighted by atomic mass is 16.6. The van der Waals surface area contributed by atoms with Crippen molar-refractivity contribution in [3.63, 3.8) is 0 Å². The Morgan fingerprint density at radius 1 is 1.18 bits per heavy atom. The Morgan fingerprint density at radius 3 is 2.59 bits per heavy atom. The Labute approximate surface area is 130 Å². The number of amides is 1. The van der Waals surface area contributed by atoms with Crippen molar-refractivity contribution >= 4 is 12.4 Å². The van der Waals surface area contributed by atoms with Gasteiger partial charge in [-0.2, -0.15) is 0 Å². The number of benzene rings is 2. The smallest absolute Gasteiger partial charge is 0.410 e. The zero-order valence-electron chi connectivity index (χ0n) is 12.8. The van der Waals surface area contributed by atoms with Gasteiger partial charge in [-0.15, -0.1) is 0 Å². The molecule has 0 unspecified atom stereocenters. The fourth-order valence-electron chi connectivity index (χ4n) is 2.08. The minimum absolute atomic E-state index is 0.247. The van der Waals surface area contributed by atoms with E-state index in [2.05, 4.69) is 0 Å². The molecule has 0 saturated heterocycles. The summed E-state index contributed by atoms with van der Waals surface area (Å²) in [5.41, 5.74) is 3.52. The molecular weight excluding hydrogens is 278 g/mol. The van der Waals surface area contributed by atoms with Crippen LogP contribution in [0.2, 0.25) is 0 Å². The van der Waals surface area contributed by atoms with Crippen molar-refractivity contribution in [1.82, 2.24) is 4.90 Å². The number of ether oxygens (including phenoxy) is 1. The summed E-state index contributed by atoms with van der Waals surface area (Å²) in [5, 5.41) is 0. The maximum Gasteiger partial charge on any atom is 0.410 e. The number of hydrogen-bond donors (Lipinski definition) is 0. The van der Waals surface area contributed by atoms with E-state index in [1.165, 1.54) is 4.90 Å². The normalized spacial score (nSPS) is 10.1. The van der Waals surface area contributed by atoms with E-state index in [1.807, 2.05) is 43.3 Å². The second kappa shape index (κ2) is 7.41. The lowest BCUT2D eigenvalue weighted by atomic mass is 10.1. The van der Waals surface area contributed by atoms with Crippen LogP contribution in [0.4, 0.5) is 4.79 Å². The van der Waals surface area contributed by atoms with E-state index in [0.29, 0.717) is 12.1 Å². The highest BCUT2D eigenvalue weighted by molar-refractivity contribution is 5.75. The van der Waals surface area contributed by atoms with Gasteiger partial charge < -0.3 is 9.64 Å². The number of rotatable bonds is 5. The second-order valence-electron chi connectivity index (χ2n) is 5.20. The molecule has 0 bridgehead atoms. The molecule has 1 amide bonds. The summed E-state index contributed by atoms with van der Waals surface area (Å²) in [6.07, 6.45) is 0.413. The standard InChI is InChI=1S/C18H19NO3/c1-14-8-9-16(12-20)10-17(14)11-19(2)18(21)22-13-15-6-4-3-5-7-15/h3-10,12H,11,13H2,1-2H3. The highest BCUT2D eigenvalue weighted by Gasteiger charge is 2.12. The van der Waals surface area contributed by atoms with Crippen LogP contribution in [0.1, 0.15) is 27.0 Å². The van der Waals surface area contributed by atoms with Crippen molar-refractivity contribution in [1.29, 1.82) is 0 Å². The van der Waals surface area contributed by atoms with Crippen molar-refractivity contribution in [2.24, 2.45) is 0 Å². The van der Waals surface area contributed by atoms with Crippen molar-refractivity contribution in [3.05, 3.63) is 70.8 Å². The Kier molecular flexibility index (Phi) is 5.31. The SMILES string of the molecule is Cc1ccc(C=O)cc1CN(C)C(=O)OCc1ccccc1. The maximum atomic E-state index is 12.0. The van der Waals surface area contributed by atoms with Crippen LogP contribution in [0.3, 0.4) is 0 Å². The van der Waals surface area contributed by atoms with E-state index in [9.17, 15) is 9.59 Å². The number of carbonyl (C=O) groups is 2. The topological polar surface area (TPSA) is 46.6 Å². The quantitative estimate of drug-likeness (QED) is 0.793. The van der Waals surface area contributed by atoms with Crippen LogP contribution < -0.4 is 0 Å². The zero-order chi connectivity index (χ0) is 15.9. The summed E-state index contributed by atoms with van der Waals surface area (Å²) in [6, 6.07) is 15.0. The van der Waals surface area contributed by atoms with Crippen LogP contribution >= 0.6 is 0 Å². The number of hydrogen-bond acceptors (Lipinski definition) is 3. The van der Waals surface area contributed by atoms with Gasteiger partial charge in [-0.25, -0.2) is 4.79 Å². The molecule has 0 radical (unpaired) electrons. The van der Waals surface area contributed by atoms with E-state index in [-0.39, 0.29) is 12.7 Å². The molecule has 0 N–H and O–H groups in total. The van der Waals surface area contributed by atoms with Gasteiger partial charge in [0, 0.05) is 19.2 Å². The highest BCUT2D eigenvalue weighted by Crippen LogP contribution is 2.13. The molecule has 2 aromatic carbocycles. The van der Waals surface area contributed by atoms with Crippen LogP contribution in [0, 0.1) is 6.92 Å². The summed E-state index contributed by atoms with van der Waals surface area (Å²) < 4.78 is 5.28. The third-order valence-corrected chi connectivity index (χ3v) is 3.43. The van der Waals surface area contributed by atoms with E-state index < -0.39 is 0 Å². The molecule has 0 aliphatic rings. The molecule has 114 valence electrons. The average molecular weight is 297 g/mol. The van der Waals surface area contributed by atoms with Gasteiger partial charge in [0.15, 0.2) is 0 Å². The first kappa shape index (κ1) is 15.8. The first-order chi connectivity index (χ1) is 10.6. The molecule has 0 saturated carbocycles. The van der Waals surface area contributed by atoms with Crippen LogP contribution in [-0.2, 0) is 17.9 Å². The molecule has 22 heavy (non-hydrogen) atoms. The Hall–Kier alpha value is -2.62. The number of carbonyl (C=O) groups excluding carboxylic acids is 2.